The van der Waals surface area contributed by atoms with Gasteiger partial charge in [-0.05, 0) is 48.9 Å². The molecule has 0 aromatic heterocycles. The summed E-state index contributed by atoms with van der Waals surface area (Å²) in [6.07, 6.45) is 4.69. The molecule has 2 aromatic carbocycles. The molecule has 0 bridgehead atoms. The Kier molecular flexibility index (Phi) is 9.86. The maximum absolute atomic E-state index is 12.7. The lowest BCUT2D eigenvalue weighted by Gasteiger charge is -2.12. The lowest BCUT2D eigenvalue weighted by molar-refractivity contribution is 0.101. The summed E-state index contributed by atoms with van der Waals surface area (Å²) >= 11 is 3.40. The number of carbonyl (C=O) groups is 1. The van der Waals surface area contributed by atoms with Gasteiger partial charge in [0.1, 0.15) is 18.1 Å². The highest BCUT2D eigenvalue weighted by Gasteiger charge is 2.14. The van der Waals surface area contributed by atoms with Gasteiger partial charge in [0, 0.05) is 17.3 Å². The quantitative estimate of drug-likeness (QED) is 0.423. The molecule has 0 spiro atoms. The second kappa shape index (κ2) is 12.4. The SMILES string of the molecule is CCCCCCOc1ccc(NC(=O)c2cc(Br)ccc2OCCOC)cc1. The van der Waals surface area contributed by atoms with Crippen LogP contribution in [-0.4, -0.2) is 32.8 Å². The molecule has 0 radical (unpaired) electrons. The molecule has 6 heteroatoms. The summed E-state index contributed by atoms with van der Waals surface area (Å²) in [4.78, 5) is 12.7. The molecule has 0 unspecified atom stereocenters. The van der Waals surface area contributed by atoms with E-state index in [9.17, 15) is 4.79 Å². The van der Waals surface area contributed by atoms with E-state index in [1.54, 1.807) is 19.2 Å². The summed E-state index contributed by atoms with van der Waals surface area (Å²) in [7, 11) is 1.61. The Morgan fingerprint density at radius 1 is 0.964 bits per heavy atom. The van der Waals surface area contributed by atoms with E-state index in [1.807, 2.05) is 30.3 Å². The molecule has 0 saturated carbocycles. The molecule has 152 valence electrons. The summed E-state index contributed by atoms with van der Waals surface area (Å²) in [5, 5.41) is 2.90. The highest BCUT2D eigenvalue weighted by molar-refractivity contribution is 9.10. The second-order valence-electron chi connectivity index (χ2n) is 6.37. The number of benzene rings is 2. The van der Waals surface area contributed by atoms with Crippen LogP contribution in [0.5, 0.6) is 11.5 Å². The van der Waals surface area contributed by atoms with E-state index < -0.39 is 0 Å². The molecule has 28 heavy (non-hydrogen) atoms. The zero-order valence-electron chi connectivity index (χ0n) is 16.5. The van der Waals surface area contributed by atoms with Crippen molar-refractivity contribution in [2.75, 3.05) is 32.2 Å². The van der Waals surface area contributed by atoms with Crippen molar-refractivity contribution in [2.24, 2.45) is 0 Å². The Morgan fingerprint density at radius 3 is 2.46 bits per heavy atom. The maximum atomic E-state index is 12.7. The molecular weight excluding hydrogens is 422 g/mol. The summed E-state index contributed by atoms with van der Waals surface area (Å²) in [6.45, 7) is 3.74. The molecule has 0 fully saturated rings. The summed E-state index contributed by atoms with van der Waals surface area (Å²) < 4.78 is 17.2. The molecule has 0 aliphatic rings. The van der Waals surface area contributed by atoms with Gasteiger partial charge in [-0.15, -0.1) is 0 Å². The minimum Gasteiger partial charge on any atom is -0.494 e. The first-order valence-electron chi connectivity index (χ1n) is 9.59. The van der Waals surface area contributed by atoms with E-state index in [0.29, 0.717) is 36.8 Å². The van der Waals surface area contributed by atoms with Crippen LogP contribution in [-0.2, 0) is 4.74 Å². The van der Waals surface area contributed by atoms with E-state index in [4.69, 9.17) is 14.2 Å². The van der Waals surface area contributed by atoms with Crippen LogP contribution in [0.25, 0.3) is 0 Å². The molecule has 0 atom stereocenters. The zero-order chi connectivity index (χ0) is 20.2. The molecule has 0 heterocycles. The molecule has 2 rings (SSSR count). The van der Waals surface area contributed by atoms with Gasteiger partial charge < -0.3 is 19.5 Å². The Morgan fingerprint density at radius 2 is 1.75 bits per heavy atom. The number of rotatable bonds is 12. The minimum absolute atomic E-state index is 0.234. The third-order valence-corrected chi connectivity index (χ3v) is 4.60. The average Bonchev–Trinajstić information content (AvgIpc) is 2.70. The number of nitrogens with one attached hydrogen (secondary N) is 1. The Hall–Kier alpha value is -2.05. The normalized spacial score (nSPS) is 10.5. The largest absolute Gasteiger partial charge is 0.494 e. The fourth-order valence-corrected chi connectivity index (χ4v) is 2.95. The highest BCUT2D eigenvalue weighted by Crippen LogP contribution is 2.25. The van der Waals surface area contributed by atoms with Crippen LogP contribution in [0, 0.1) is 0 Å². The van der Waals surface area contributed by atoms with Gasteiger partial charge in [0.05, 0.1) is 18.8 Å². The number of hydrogen-bond donors (Lipinski definition) is 1. The standard InChI is InChI=1S/C22H28BrNO4/c1-3-4-5-6-13-27-19-10-8-18(9-11-19)24-22(25)20-16-17(23)7-12-21(20)28-15-14-26-2/h7-12,16H,3-6,13-15H2,1-2H3,(H,24,25). The van der Waals surface area contributed by atoms with Crippen molar-refractivity contribution in [3.63, 3.8) is 0 Å². The molecule has 1 amide bonds. The van der Waals surface area contributed by atoms with Gasteiger partial charge in [-0.1, -0.05) is 42.1 Å². The molecular formula is C22H28BrNO4. The van der Waals surface area contributed by atoms with Crippen molar-refractivity contribution in [1.29, 1.82) is 0 Å². The van der Waals surface area contributed by atoms with Crippen molar-refractivity contribution in [2.45, 2.75) is 32.6 Å². The van der Waals surface area contributed by atoms with Crippen LogP contribution < -0.4 is 14.8 Å². The summed E-state index contributed by atoms with van der Waals surface area (Å²) in [6, 6.07) is 12.8. The van der Waals surface area contributed by atoms with E-state index in [1.165, 1.54) is 19.3 Å². The Balaban J connectivity index is 1.94. The van der Waals surface area contributed by atoms with Crippen LogP contribution in [0.1, 0.15) is 43.0 Å². The zero-order valence-corrected chi connectivity index (χ0v) is 18.1. The van der Waals surface area contributed by atoms with Gasteiger partial charge in [-0.3, -0.25) is 4.79 Å². The number of hydrogen-bond acceptors (Lipinski definition) is 4. The first kappa shape index (κ1) is 22.2. The summed E-state index contributed by atoms with van der Waals surface area (Å²) in [5.41, 5.74) is 1.16. The maximum Gasteiger partial charge on any atom is 0.259 e. The number of methoxy groups -OCH3 is 1. The number of carbonyl (C=O) groups excluding carboxylic acids is 1. The molecule has 0 aliphatic carbocycles. The van der Waals surface area contributed by atoms with E-state index in [-0.39, 0.29) is 5.91 Å². The molecule has 1 N–H and O–H groups in total. The smallest absolute Gasteiger partial charge is 0.259 e. The summed E-state index contributed by atoms with van der Waals surface area (Å²) in [5.74, 6) is 1.09. The third-order valence-electron chi connectivity index (χ3n) is 4.11. The van der Waals surface area contributed by atoms with Crippen molar-refractivity contribution in [3.05, 3.63) is 52.5 Å². The number of unbranched alkanes of at least 4 members (excludes halogenated alkanes) is 3. The number of amides is 1. The van der Waals surface area contributed by atoms with Gasteiger partial charge in [0.25, 0.3) is 5.91 Å². The first-order valence-corrected chi connectivity index (χ1v) is 10.4. The van der Waals surface area contributed by atoms with E-state index in [2.05, 4.69) is 28.2 Å². The molecule has 0 saturated heterocycles. The number of halogens is 1. The average molecular weight is 450 g/mol. The Bertz CT molecular complexity index is 734. The van der Waals surface area contributed by atoms with Crippen molar-refractivity contribution in [3.8, 4) is 11.5 Å². The van der Waals surface area contributed by atoms with Gasteiger partial charge in [-0.25, -0.2) is 0 Å². The van der Waals surface area contributed by atoms with Crippen LogP contribution >= 0.6 is 15.9 Å². The van der Waals surface area contributed by atoms with E-state index >= 15 is 0 Å². The van der Waals surface area contributed by atoms with Crippen molar-refractivity contribution >= 4 is 27.5 Å². The van der Waals surface area contributed by atoms with E-state index in [0.717, 1.165) is 16.6 Å². The molecule has 2 aromatic rings. The Labute approximate surface area is 175 Å². The third kappa shape index (κ3) is 7.52. The van der Waals surface area contributed by atoms with Crippen LogP contribution in [0.3, 0.4) is 0 Å². The van der Waals surface area contributed by atoms with Gasteiger partial charge in [0.2, 0.25) is 0 Å². The topological polar surface area (TPSA) is 56.8 Å². The predicted molar refractivity (Wildman–Crippen MR) is 116 cm³/mol. The lowest BCUT2D eigenvalue weighted by atomic mass is 10.2. The van der Waals surface area contributed by atoms with Crippen molar-refractivity contribution in [1.82, 2.24) is 0 Å². The van der Waals surface area contributed by atoms with Crippen LogP contribution in [0.15, 0.2) is 46.9 Å². The number of ether oxygens (including phenoxy) is 3. The van der Waals surface area contributed by atoms with Crippen molar-refractivity contribution < 1.29 is 19.0 Å². The fourth-order valence-electron chi connectivity index (χ4n) is 2.59. The van der Waals surface area contributed by atoms with Gasteiger partial charge >= 0.3 is 0 Å². The van der Waals surface area contributed by atoms with Crippen LogP contribution in [0.4, 0.5) is 5.69 Å². The second-order valence-corrected chi connectivity index (χ2v) is 7.29. The minimum atomic E-state index is -0.234. The highest BCUT2D eigenvalue weighted by atomic mass is 79.9. The molecule has 5 nitrogen and oxygen atoms in total. The predicted octanol–water partition coefficient (Wildman–Crippen LogP) is 5.69. The van der Waals surface area contributed by atoms with Gasteiger partial charge in [-0.2, -0.15) is 0 Å². The fraction of sp³-hybridized carbons (Fsp3) is 0.409. The van der Waals surface area contributed by atoms with Crippen LogP contribution in [0.2, 0.25) is 0 Å². The first-order chi connectivity index (χ1) is 13.6. The lowest BCUT2D eigenvalue weighted by Crippen LogP contribution is -2.15. The monoisotopic (exact) mass is 449 g/mol. The molecule has 0 aliphatic heterocycles. The van der Waals surface area contributed by atoms with Gasteiger partial charge in [0.15, 0.2) is 0 Å². The number of anilines is 1.